The van der Waals surface area contributed by atoms with Crippen LogP contribution in [0.5, 0.6) is 0 Å². The number of amides is 2. The summed E-state index contributed by atoms with van der Waals surface area (Å²) in [4.78, 5) is 25.6. The summed E-state index contributed by atoms with van der Waals surface area (Å²) in [6.07, 6.45) is 0. The van der Waals surface area contributed by atoms with E-state index in [2.05, 4.69) is 5.32 Å². The second-order valence-corrected chi connectivity index (χ2v) is 6.05. The first-order chi connectivity index (χ1) is 10.2. The number of carbonyl (C=O) groups excluding carboxylic acids is 1. The van der Waals surface area contributed by atoms with Gasteiger partial charge in [0.1, 0.15) is 0 Å². The van der Waals surface area contributed by atoms with Crippen molar-refractivity contribution in [2.24, 2.45) is 0 Å². The number of benzene rings is 1. The number of nitrogens with one attached hydrogen (secondary N) is 1. The highest BCUT2D eigenvalue weighted by Crippen LogP contribution is 2.19. The highest BCUT2D eigenvalue weighted by molar-refractivity contribution is 7.99. The number of nitrogens with zero attached hydrogens (tertiary/aromatic N) is 2. The lowest BCUT2D eigenvalue weighted by molar-refractivity contribution is 0.217. The van der Waals surface area contributed by atoms with Crippen LogP contribution >= 0.6 is 11.8 Å². The molecule has 1 aliphatic rings. The van der Waals surface area contributed by atoms with E-state index in [-0.39, 0.29) is 11.8 Å². The van der Waals surface area contributed by atoms with Gasteiger partial charge in [-0.3, -0.25) is 4.57 Å². The zero-order valence-corrected chi connectivity index (χ0v) is 12.6. The fourth-order valence-corrected chi connectivity index (χ4v) is 3.32. The summed E-state index contributed by atoms with van der Waals surface area (Å²) in [5, 5.41) is 2.86. The summed E-state index contributed by atoms with van der Waals surface area (Å²) in [6.45, 7) is 3.98. The Kier molecular flexibility index (Phi) is 3.92. The van der Waals surface area contributed by atoms with Gasteiger partial charge in [0.15, 0.2) is 5.58 Å². The van der Waals surface area contributed by atoms with Crippen LogP contribution in [0.1, 0.15) is 6.92 Å². The smallest absolute Gasteiger partial charge is 0.408 e. The van der Waals surface area contributed by atoms with Crippen LogP contribution in [0.25, 0.3) is 11.1 Å². The number of oxazole rings is 1. The van der Waals surface area contributed by atoms with Gasteiger partial charge < -0.3 is 14.6 Å². The van der Waals surface area contributed by atoms with E-state index in [1.165, 1.54) is 0 Å². The van der Waals surface area contributed by atoms with Crippen molar-refractivity contribution in [3.8, 4) is 0 Å². The van der Waals surface area contributed by atoms with Crippen LogP contribution in [0.2, 0.25) is 0 Å². The number of carbonyl (C=O) groups is 1. The number of thioether (sulfide) groups is 1. The van der Waals surface area contributed by atoms with Crippen molar-refractivity contribution in [1.82, 2.24) is 9.47 Å². The van der Waals surface area contributed by atoms with Gasteiger partial charge in [-0.15, -0.1) is 0 Å². The van der Waals surface area contributed by atoms with Crippen LogP contribution < -0.4 is 11.1 Å². The number of rotatable bonds is 2. The summed E-state index contributed by atoms with van der Waals surface area (Å²) in [7, 11) is 0. The second kappa shape index (κ2) is 5.85. The molecule has 1 saturated heterocycles. The van der Waals surface area contributed by atoms with E-state index >= 15 is 0 Å². The number of hydrogen-bond donors (Lipinski definition) is 1. The monoisotopic (exact) mass is 307 g/mol. The SMILES string of the molecule is CCn1c(=O)oc2cc(NC(=O)N3CCSCC3)ccc21. The van der Waals surface area contributed by atoms with E-state index in [9.17, 15) is 9.59 Å². The summed E-state index contributed by atoms with van der Waals surface area (Å²) >= 11 is 1.86. The lowest BCUT2D eigenvalue weighted by Crippen LogP contribution is -2.40. The molecule has 1 aliphatic heterocycles. The Morgan fingerprint density at radius 3 is 2.86 bits per heavy atom. The molecule has 112 valence electrons. The van der Waals surface area contributed by atoms with Gasteiger partial charge in [-0.05, 0) is 19.1 Å². The number of aryl methyl sites for hydroxylation is 1. The topological polar surface area (TPSA) is 67.5 Å². The Morgan fingerprint density at radius 2 is 2.14 bits per heavy atom. The Morgan fingerprint density at radius 1 is 1.38 bits per heavy atom. The van der Waals surface area contributed by atoms with Gasteiger partial charge in [0.05, 0.1) is 5.52 Å². The van der Waals surface area contributed by atoms with E-state index in [4.69, 9.17) is 4.42 Å². The maximum atomic E-state index is 12.1. The van der Waals surface area contributed by atoms with Crippen LogP contribution in [-0.4, -0.2) is 40.1 Å². The number of hydrogen-bond acceptors (Lipinski definition) is 4. The van der Waals surface area contributed by atoms with Gasteiger partial charge in [0.25, 0.3) is 0 Å². The Hall–Kier alpha value is -1.89. The van der Waals surface area contributed by atoms with E-state index < -0.39 is 0 Å². The van der Waals surface area contributed by atoms with Crippen molar-refractivity contribution >= 4 is 34.6 Å². The first kappa shape index (κ1) is 14.1. The lowest BCUT2D eigenvalue weighted by Gasteiger charge is -2.26. The summed E-state index contributed by atoms with van der Waals surface area (Å²) in [5.74, 6) is 1.57. The Balaban J connectivity index is 1.81. The molecule has 1 fully saturated rings. The fourth-order valence-electron chi connectivity index (χ4n) is 2.41. The van der Waals surface area contributed by atoms with E-state index in [0.29, 0.717) is 17.8 Å². The molecule has 6 nitrogen and oxygen atoms in total. The molecule has 0 saturated carbocycles. The van der Waals surface area contributed by atoms with Crippen molar-refractivity contribution in [1.29, 1.82) is 0 Å². The van der Waals surface area contributed by atoms with Crippen molar-refractivity contribution in [3.63, 3.8) is 0 Å². The van der Waals surface area contributed by atoms with Gasteiger partial charge in [0, 0.05) is 42.9 Å². The van der Waals surface area contributed by atoms with Gasteiger partial charge in [-0.25, -0.2) is 9.59 Å². The van der Waals surface area contributed by atoms with Gasteiger partial charge in [-0.2, -0.15) is 11.8 Å². The molecule has 0 radical (unpaired) electrons. The number of urea groups is 1. The molecule has 0 spiro atoms. The predicted octanol–water partition coefficient (Wildman–Crippen LogP) is 2.20. The van der Waals surface area contributed by atoms with Crippen LogP contribution in [0.3, 0.4) is 0 Å². The molecule has 1 aromatic heterocycles. The molecule has 0 unspecified atom stereocenters. The Bertz CT molecular complexity index is 716. The molecule has 1 N–H and O–H groups in total. The van der Waals surface area contributed by atoms with Crippen LogP contribution in [0.4, 0.5) is 10.5 Å². The molecule has 2 heterocycles. The molecular formula is C14H17N3O3S. The average Bonchev–Trinajstić information content (AvgIpc) is 2.82. The van der Waals surface area contributed by atoms with Crippen LogP contribution in [0, 0.1) is 0 Å². The zero-order valence-electron chi connectivity index (χ0n) is 11.8. The zero-order chi connectivity index (χ0) is 14.8. The highest BCUT2D eigenvalue weighted by atomic mass is 32.2. The van der Waals surface area contributed by atoms with Crippen molar-refractivity contribution in [2.75, 3.05) is 29.9 Å². The molecule has 3 rings (SSSR count). The van der Waals surface area contributed by atoms with Crippen molar-refractivity contribution in [2.45, 2.75) is 13.5 Å². The molecule has 21 heavy (non-hydrogen) atoms. The predicted molar refractivity (Wildman–Crippen MR) is 84.1 cm³/mol. The van der Waals surface area contributed by atoms with E-state index in [0.717, 1.165) is 30.1 Å². The van der Waals surface area contributed by atoms with Crippen LogP contribution in [-0.2, 0) is 6.54 Å². The lowest BCUT2D eigenvalue weighted by atomic mass is 10.3. The van der Waals surface area contributed by atoms with Crippen LogP contribution in [0.15, 0.2) is 27.4 Å². The fraction of sp³-hybridized carbons (Fsp3) is 0.429. The molecule has 0 bridgehead atoms. The summed E-state index contributed by atoms with van der Waals surface area (Å²) in [5.41, 5.74) is 1.88. The largest absolute Gasteiger partial charge is 0.419 e. The van der Waals surface area contributed by atoms with Gasteiger partial charge in [-0.1, -0.05) is 0 Å². The summed E-state index contributed by atoms with van der Waals surface area (Å²) in [6, 6.07) is 5.18. The third-order valence-corrected chi connectivity index (χ3v) is 4.48. The maximum absolute atomic E-state index is 12.1. The average molecular weight is 307 g/mol. The maximum Gasteiger partial charge on any atom is 0.419 e. The minimum absolute atomic E-state index is 0.105. The first-order valence-corrected chi connectivity index (χ1v) is 8.11. The third kappa shape index (κ3) is 2.78. The molecule has 2 amide bonds. The third-order valence-electron chi connectivity index (χ3n) is 3.53. The molecule has 0 atom stereocenters. The minimum atomic E-state index is -0.371. The molecule has 0 aliphatic carbocycles. The molecular weight excluding hydrogens is 290 g/mol. The molecule has 7 heteroatoms. The van der Waals surface area contributed by atoms with Gasteiger partial charge >= 0.3 is 11.8 Å². The quantitative estimate of drug-likeness (QED) is 0.923. The number of anilines is 1. The summed E-state index contributed by atoms with van der Waals surface area (Å²) < 4.78 is 6.76. The number of aromatic nitrogens is 1. The van der Waals surface area contributed by atoms with Crippen molar-refractivity contribution in [3.05, 3.63) is 28.7 Å². The number of fused-ring (bicyclic) bond motifs is 1. The van der Waals surface area contributed by atoms with E-state index in [1.54, 1.807) is 27.7 Å². The van der Waals surface area contributed by atoms with Crippen molar-refractivity contribution < 1.29 is 9.21 Å². The van der Waals surface area contributed by atoms with E-state index in [1.807, 2.05) is 18.7 Å². The van der Waals surface area contributed by atoms with Gasteiger partial charge in [0.2, 0.25) is 0 Å². The molecule has 1 aromatic carbocycles. The molecule has 2 aromatic rings. The first-order valence-electron chi connectivity index (χ1n) is 6.96. The normalized spacial score (nSPS) is 15.4. The Labute approximate surface area is 126 Å². The highest BCUT2D eigenvalue weighted by Gasteiger charge is 2.17. The minimum Gasteiger partial charge on any atom is -0.408 e. The second-order valence-electron chi connectivity index (χ2n) is 4.82. The standard InChI is InChI=1S/C14H17N3O3S/c1-2-17-11-4-3-10(9-12(11)20-14(17)19)15-13(18)16-5-7-21-8-6-16/h3-4,9H,2,5-8H2,1H3,(H,15,18).